The average Bonchev–Trinajstić information content (AvgIpc) is 2.98. The lowest BCUT2D eigenvalue weighted by Crippen LogP contribution is -2.57. The number of nitriles is 1. The number of rotatable bonds is 3. The summed E-state index contributed by atoms with van der Waals surface area (Å²) in [6, 6.07) is 6.07. The summed E-state index contributed by atoms with van der Waals surface area (Å²) >= 11 is 0. The molecule has 1 unspecified atom stereocenters. The van der Waals surface area contributed by atoms with E-state index in [1.165, 1.54) is 12.1 Å². The van der Waals surface area contributed by atoms with Gasteiger partial charge in [0.15, 0.2) is 0 Å². The van der Waals surface area contributed by atoms with Crippen LogP contribution in [0.3, 0.4) is 0 Å². The van der Waals surface area contributed by atoms with Crippen LogP contribution in [-0.2, 0) is 14.9 Å². The van der Waals surface area contributed by atoms with Crippen LogP contribution in [0.1, 0.15) is 31.4 Å². The van der Waals surface area contributed by atoms with E-state index in [-0.39, 0.29) is 11.5 Å². The van der Waals surface area contributed by atoms with Gasteiger partial charge >= 0.3 is 0 Å². The third kappa shape index (κ3) is 2.96. The third-order valence-electron chi connectivity index (χ3n) is 5.11. The highest BCUT2D eigenvalue weighted by molar-refractivity contribution is 5.88. The largest absolute Gasteiger partial charge is 0.381 e. The first-order chi connectivity index (χ1) is 10.9. The molecule has 0 radical (unpaired) electrons. The van der Waals surface area contributed by atoms with Gasteiger partial charge < -0.3 is 9.64 Å². The Morgan fingerprint density at radius 3 is 2.70 bits per heavy atom. The highest BCUT2D eigenvalue weighted by atomic mass is 19.1. The first-order valence-corrected chi connectivity index (χ1v) is 8.00. The first kappa shape index (κ1) is 15.9. The molecule has 2 heterocycles. The molecule has 3 rings (SSSR count). The number of halogens is 1. The molecule has 23 heavy (non-hydrogen) atoms. The van der Waals surface area contributed by atoms with Crippen LogP contribution < -0.4 is 0 Å². The van der Waals surface area contributed by atoms with E-state index in [4.69, 9.17) is 10.00 Å². The van der Waals surface area contributed by atoms with Crippen molar-refractivity contribution in [2.24, 2.45) is 11.8 Å². The fraction of sp³-hybridized carbons (Fsp3) is 0.556. The smallest absolute Gasteiger partial charge is 0.232 e. The minimum atomic E-state index is -0.842. The van der Waals surface area contributed by atoms with Gasteiger partial charge in [0.05, 0.1) is 17.0 Å². The fourth-order valence-electron chi connectivity index (χ4n) is 3.43. The van der Waals surface area contributed by atoms with Crippen LogP contribution in [0.15, 0.2) is 18.2 Å². The Bertz CT molecular complexity index is 653. The Kier molecular flexibility index (Phi) is 4.11. The second kappa shape index (κ2) is 5.93. The Hall–Kier alpha value is -1.93. The molecule has 122 valence electrons. The maximum absolute atomic E-state index is 13.7. The molecule has 1 amide bonds. The quantitative estimate of drug-likeness (QED) is 0.861. The summed E-state index contributed by atoms with van der Waals surface area (Å²) in [6.07, 6.45) is 1.07. The molecule has 0 N–H and O–H groups in total. The van der Waals surface area contributed by atoms with E-state index in [9.17, 15) is 9.18 Å². The van der Waals surface area contributed by atoms with Crippen LogP contribution in [0.4, 0.5) is 4.39 Å². The van der Waals surface area contributed by atoms with Crippen LogP contribution in [0.25, 0.3) is 0 Å². The molecule has 1 aromatic carbocycles. The van der Waals surface area contributed by atoms with Crippen LogP contribution in [-0.4, -0.2) is 37.1 Å². The summed E-state index contributed by atoms with van der Waals surface area (Å²) in [7, 11) is 0. The number of hydrogen-bond acceptors (Lipinski definition) is 3. The van der Waals surface area contributed by atoms with Gasteiger partial charge in [-0.05, 0) is 55.9 Å². The Morgan fingerprint density at radius 2 is 2.09 bits per heavy atom. The summed E-state index contributed by atoms with van der Waals surface area (Å²) in [5.41, 5.74) is -0.0534. The normalized spacial score (nSPS) is 21.8. The van der Waals surface area contributed by atoms with E-state index in [0.29, 0.717) is 17.4 Å². The first-order valence-electron chi connectivity index (χ1n) is 8.00. The Labute approximate surface area is 135 Å². The predicted octanol–water partition coefficient (Wildman–Crippen LogP) is 2.47. The van der Waals surface area contributed by atoms with Gasteiger partial charge in [0.1, 0.15) is 5.82 Å². The molecular weight excluding hydrogens is 295 g/mol. The van der Waals surface area contributed by atoms with Crippen molar-refractivity contribution in [3.63, 3.8) is 0 Å². The number of likely N-dealkylation sites (tertiary alicyclic amines) is 1. The lowest BCUT2D eigenvalue weighted by molar-refractivity contribution is -0.144. The highest BCUT2D eigenvalue weighted by Gasteiger charge is 2.43. The number of hydrogen-bond donors (Lipinski definition) is 0. The molecular formula is C18H21FN2O2. The van der Waals surface area contributed by atoms with Crippen molar-refractivity contribution in [1.29, 1.82) is 5.26 Å². The van der Waals surface area contributed by atoms with Gasteiger partial charge in [-0.25, -0.2) is 4.39 Å². The van der Waals surface area contributed by atoms with E-state index in [1.54, 1.807) is 19.9 Å². The molecule has 0 aromatic heterocycles. The molecule has 2 fully saturated rings. The molecule has 0 bridgehead atoms. The predicted molar refractivity (Wildman–Crippen MR) is 83.1 cm³/mol. The van der Waals surface area contributed by atoms with E-state index < -0.39 is 11.2 Å². The molecule has 0 spiro atoms. The zero-order chi connectivity index (χ0) is 16.6. The second-order valence-electron chi connectivity index (χ2n) is 7.06. The molecule has 1 atom stereocenters. The van der Waals surface area contributed by atoms with Gasteiger partial charge in [0.25, 0.3) is 0 Å². The fourth-order valence-corrected chi connectivity index (χ4v) is 3.43. The molecule has 1 aromatic rings. The molecule has 0 saturated carbocycles. The number of ether oxygens (including phenoxy) is 1. The molecule has 2 aliphatic heterocycles. The van der Waals surface area contributed by atoms with Crippen molar-refractivity contribution in [2.75, 3.05) is 26.3 Å². The Balaban J connectivity index is 1.71. The van der Waals surface area contributed by atoms with Gasteiger partial charge in [0, 0.05) is 26.3 Å². The van der Waals surface area contributed by atoms with Crippen molar-refractivity contribution >= 4 is 5.91 Å². The van der Waals surface area contributed by atoms with Crippen molar-refractivity contribution in [3.05, 3.63) is 35.1 Å². The molecule has 0 aliphatic carbocycles. The summed E-state index contributed by atoms with van der Waals surface area (Å²) < 4.78 is 19.1. The maximum atomic E-state index is 13.7. The van der Waals surface area contributed by atoms with E-state index >= 15 is 0 Å². The van der Waals surface area contributed by atoms with Crippen molar-refractivity contribution < 1.29 is 13.9 Å². The topological polar surface area (TPSA) is 53.3 Å². The van der Waals surface area contributed by atoms with Crippen LogP contribution in [0, 0.1) is 29.0 Å². The summed E-state index contributed by atoms with van der Waals surface area (Å²) in [4.78, 5) is 14.6. The number of carbonyl (C=O) groups is 1. The van der Waals surface area contributed by atoms with E-state index in [2.05, 4.69) is 0 Å². The minimum Gasteiger partial charge on any atom is -0.381 e. The zero-order valence-corrected chi connectivity index (χ0v) is 13.5. The second-order valence-corrected chi connectivity index (χ2v) is 7.06. The lowest BCUT2D eigenvalue weighted by Gasteiger charge is -2.45. The third-order valence-corrected chi connectivity index (χ3v) is 5.11. The van der Waals surface area contributed by atoms with Gasteiger partial charge in [0.2, 0.25) is 5.91 Å². The van der Waals surface area contributed by atoms with Gasteiger partial charge in [-0.15, -0.1) is 0 Å². The number of nitrogens with zero attached hydrogens (tertiary/aromatic N) is 2. The number of amides is 1. The van der Waals surface area contributed by atoms with Gasteiger partial charge in [-0.2, -0.15) is 5.26 Å². The monoisotopic (exact) mass is 316 g/mol. The van der Waals surface area contributed by atoms with Crippen molar-refractivity contribution in [3.8, 4) is 6.07 Å². The maximum Gasteiger partial charge on any atom is 0.232 e. The summed E-state index contributed by atoms with van der Waals surface area (Å²) in [5.74, 6) is 0.577. The number of benzene rings is 1. The van der Waals surface area contributed by atoms with Gasteiger partial charge in [-0.1, -0.05) is 0 Å². The van der Waals surface area contributed by atoms with Crippen LogP contribution in [0.2, 0.25) is 0 Å². The molecule has 4 nitrogen and oxygen atoms in total. The molecule has 2 aliphatic rings. The van der Waals surface area contributed by atoms with Gasteiger partial charge in [-0.3, -0.25) is 4.79 Å². The van der Waals surface area contributed by atoms with Crippen LogP contribution in [0.5, 0.6) is 0 Å². The van der Waals surface area contributed by atoms with Crippen molar-refractivity contribution in [1.82, 2.24) is 4.90 Å². The van der Waals surface area contributed by atoms with Crippen LogP contribution >= 0.6 is 0 Å². The average molecular weight is 316 g/mol. The van der Waals surface area contributed by atoms with E-state index in [1.807, 2.05) is 11.0 Å². The lowest BCUT2D eigenvalue weighted by atomic mass is 9.79. The minimum absolute atomic E-state index is 0.0119. The SMILES string of the molecule is CC(C)(C(=O)N1CC(C2CCOC2)C1)c1cc(F)cc(C#N)c1. The summed E-state index contributed by atoms with van der Waals surface area (Å²) in [6.45, 7) is 6.69. The molecule has 5 heteroatoms. The van der Waals surface area contributed by atoms with Crippen molar-refractivity contribution in [2.45, 2.75) is 25.7 Å². The zero-order valence-electron chi connectivity index (χ0n) is 13.5. The number of carbonyl (C=O) groups excluding carboxylic acids is 1. The molecule has 2 saturated heterocycles. The highest BCUT2D eigenvalue weighted by Crippen LogP contribution is 2.34. The summed E-state index contributed by atoms with van der Waals surface area (Å²) in [5, 5.41) is 8.99. The van der Waals surface area contributed by atoms with E-state index in [0.717, 1.165) is 32.7 Å². The standard InChI is InChI=1S/C18H21FN2O2/c1-18(2,15-5-12(8-20)6-16(19)7-15)17(22)21-9-14(10-21)13-3-4-23-11-13/h5-7,13-14H,3-4,9-11H2,1-2H3. The Morgan fingerprint density at radius 1 is 1.35 bits per heavy atom.